The molecule has 0 fully saturated rings. The van der Waals surface area contributed by atoms with Gasteiger partial charge in [0.05, 0.1) is 12.8 Å². The Morgan fingerprint density at radius 3 is 2.42 bits per heavy atom. The smallest absolute Gasteiger partial charge is 0.352 e. The van der Waals surface area contributed by atoms with Crippen molar-refractivity contribution in [1.29, 1.82) is 0 Å². The zero-order chi connectivity index (χ0) is 22.5. The summed E-state index contributed by atoms with van der Waals surface area (Å²) >= 11 is 0. The topological polar surface area (TPSA) is 94.0 Å². The summed E-state index contributed by atoms with van der Waals surface area (Å²) < 4.78 is 24.8. The number of hydrogen-bond acceptors (Lipinski definition) is 5. The van der Waals surface area contributed by atoms with E-state index in [0.29, 0.717) is 17.2 Å². The van der Waals surface area contributed by atoms with E-state index in [1.807, 2.05) is 19.1 Å². The van der Waals surface area contributed by atoms with Gasteiger partial charge in [-0.1, -0.05) is 24.3 Å². The minimum Gasteiger partial charge on any atom is -0.496 e. The Bertz CT molecular complexity index is 1070. The van der Waals surface area contributed by atoms with Crippen molar-refractivity contribution in [2.45, 2.75) is 13.5 Å². The van der Waals surface area contributed by atoms with Gasteiger partial charge in [0.25, 0.3) is 0 Å². The van der Waals surface area contributed by atoms with E-state index in [4.69, 9.17) is 21.2 Å². The van der Waals surface area contributed by atoms with Crippen LogP contribution in [-0.2, 0) is 6.61 Å². The zero-order valence-electron chi connectivity index (χ0n) is 17.6. The molecule has 4 N–H and O–H groups in total. The first-order chi connectivity index (χ1) is 14.8. The highest BCUT2D eigenvalue weighted by Crippen LogP contribution is 2.34. The number of ether oxygens (including phenoxy) is 2. The summed E-state index contributed by atoms with van der Waals surface area (Å²) in [5.41, 5.74) is 3.72. The minimum atomic E-state index is -0.560. The van der Waals surface area contributed by atoms with Gasteiger partial charge in [-0.2, -0.15) is 0 Å². The van der Waals surface area contributed by atoms with Crippen LogP contribution in [0.5, 0.6) is 11.5 Å². The third-order valence-corrected chi connectivity index (χ3v) is 4.86. The first-order valence-electron chi connectivity index (χ1n) is 9.54. The van der Waals surface area contributed by atoms with Crippen molar-refractivity contribution in [1.82, 2.24) is 5.01 Å². The molecule has 7 nitrogen and oxygen atoms in total. The van der Waals surface area contributed by atoms with Crippen LogP contribution in [0.15, 0.2) is 60.7 Å². The maximum Gasteiger partial charge on any atom is 0.352 e. The molecule has 2 amide bonds. The summed E-state index contributed by atoms with van der Waals surface area (Å²) in [7, 11) is 2.99. The molecule has 0 aliphatic rings. The van der Waals surface area contributed by atoms with Gasteiger partial charge in [0, 0.05) is 18.2 Å². The molecule has 31 heavy (non-hydrogen) atoms. The molecule has 3 aromatic carbocycles. The van der Waals surface area contributed by atoms with E-state index in [9.17, 15) is 9.18 Å². The first-order valence-corrected chi connectivity index (χ1v) is 9.54. The molecule has 0 atom stereocenters. The minimum absolute atomic E-state index is 0.173. The Morgan fingerprint density at radius 1 is 1.06 bits per heavy atom. The van der Waals surface area contributed by atoms with E-state index in [2.05, 4.69) is 0 Å². The van der Waals surface area contributed by atoms with Gasteiger partial charge < -0.3 is 9.47 Å². The summed E-state index contributed by atoms with van der Waals surface area (Å²) in [5.74, 6) is 12.4. The van der Waals surface area contributed by atoms with E-state index >= 15 is 0 Å². The van der Waals surface area contributed by atoms with Crippen LogP contribution in [0, 0.1) is 12.7 Å². The number of anilines is 1. The van der Waals surface area contributed by atoms with E-state index in [-0.39, 0.29) is 12.4 Å². The van der Waals surface area contributed by atoms with E-state index < -0.39 is 6.03 Å². The number of urea groups is 1. The zero-order valence-corrected chi connectivity index (χ0v) is 17.6. The van der Waals surface area contributed by atoms with Crippen molar-refractivity contribution in [2.75, 3.05) is 19.2 Å². The molecular formula is C23H25FN4O3. The Hall–Kier alpha value is -3.62. The van der Waals surface area contributed by atoms with Gasteiger partial charge in [-0.25, -0.2) is 25.9 Å². The summed E-state index contributed by atoms with van der Waals surface area (Å²) in [6.45, 7) is 2.08. The molecule has 0 bridgehead atoms. The van der Waals surface area contributed by atoms with Crippen LogP contribution >= 0.6 is 0 Å². The predicted octanol–water partition coefficient (Wildman–Crippen LogP) is 3.99. The summed E-state index contributed by atoms with van der Waals surface area (Å²) in [5, 5.41) is 1.90. The summed E-state index contributed by atoms with van der Waals surface area (Å²) in [6, 6.07) is 16.4. The fraction of sp³-hybridized carbons (Fsp3) is 0.174. The van der Waals surface area contributed by atoms with Gasteiger partial charge in [0.15, 0.2) is 0 Å². The van der Waals surface area contributed by atoms with E-state index in [0.717, 1.165) is 32.3 Å². The lowest BCUT2D eigenvalue weighted by Gasteiger charge is -2.24. The quantitative estimate of drug-likeness (QED) is 0.354. The van der Waals surface area contributed by atoms with Gasteiger partial charge >= 0.3 is 6.03 Å². The van der Waals surface area contributed by atoms with Crippen molar-refractivity contribution in [2.24, 2.45) is 11.7 Å². The number of hydrogen-bond donors (Lipinski definition) is 2. The molecule has 0 aliphatic carbocycles. The number of rotatable bonds is 6. The number of benzene rings is 3. The number of nitrogens with two attached hydrogens (primary N) is 2. The fourth-order valence-electron chi connectivity index (χ4n) is 3.16. The maximum atomic E-state index is 13.3. The number of halogens is 1. The second-order valence-electron chi connectivity index (χ2n) is 6.99. The van der Waals surface area contributed by atoms with Crippen molar-refractivity contribution in [3.05, 3.63) is 77.6 Å². The molecule has 0 aromatic heterocycles. The Labute approximate surface area is 180 Å². The number of carbonyl (C=O) groups excluding carboxylic acids is 1. The van der Waals surface area contributed by atoms with Crippen LogP contribution in [0.3, 0.4) is 0 Å². The number of hydrazine groups is 2. The third kappa shape index (κ3) is 4.93. The van der Waals surface area contributed by atoms with Crippen LogP contribution in [-0.4, -0.2) is 25.2 Å². The van der Waals surface area contributed by atoms with Crippen LogP contribution < -0.4 is 26.2 Å². The monoisotopic (exact) mass is 424 g/mol. The lowest BCUT2D eigenvalue weighted by Crippen LogP contribution is -2.49. The fourth-order valence-corrected chi connectivity index (χ4v) is 3.16. The average molecular weight is 424 g/mol. The number of amides is 2. The molecule has 0 saturated carbocycles. The second kappa shape index (κ2) is 9.46. The van der Waals surface area contributed by atoms with Gasteiger partial charge in [-0.3, -0.25) is 5.01 Å². The largest absolute Gasteiger partial charge is 0.496 e. The number of carbonyl (C=O) groups is 1. The molecule has 162 valence electrons. The van der Waals surface area contributed by atoms with Crippen molar-refractivity contribution >= 4 is 11.7 Å². The number of nitrogens with zero attached hydrogens (tertiary/aromatic N) is 2. The van der Waals surface area contributed by atoms with Crippen LogP contribution in [0.25, 0.3) is 11.1 Å². The van der Waals surface area contributed by atoms with Gasteiger partial charge in [-0.15, -0.1) is 0 Å². The second-order valence-corrected chi connectivity index (χ2v) is 6.99. The average Bonchev–Trinajstić information content (AvgIpc) is 2.77. The predicted molar refractivity (Wildman–Crippen MR) is 118 cm³/mol. The van der Waals surface area contributed by atoms with Crippen LogP contribution in [0.1, 0.15) is 11.1 Å². The van der Waals surface area contributed by atoms with Crippen molar-refractivity contribution in [3.63, 3.8) is 0 Å². The summed E-state index contributed by atoms with van der Waals surface area (Å²) in [4.78, 5) is 12.2. The first kappa shape index (κ1) is 22.1. The highest BCUT2D eigenvalue weighted by atomic mass is 19.1. The molecule has 0 spiro atoms. The molecular weight excluding hydrogens is 399 g/mol. The Kier molecular flexibility index (Phi) is 6.74. The highest BCUT2D eigenvalue weighted by molar-refractivity contribution is 5.91. The van der Waals surface area contributed by atoms with E-state index in [1.54, 1.807) is 43.5 Å². The van der Waals surface area contributed by atoms with Crippen molar-refractivity contribution in [3.8, 4) is 22.6 Å². The van der Waals surface area contributed by atoms with Gasteiger partial charge in [0.2, 0.25) is 0 Å². The standard InChI is InChI=1S/C23H25FN4O3/c1-15-5-4-6-21(28(26)23(29)27(2)25)20(15)14-31-18-11-12-22(30-3)19(13-18)16-7-9-17(24)10-8-16/h4-13H,14,25-26H2,1-3H3. The van der Waals surface area contributed by atoms with Gasteiger partial charge in [-0.05, 0) is 54.4 Å². The Balaban J connectivity index is 1.89. The Morgan fingerprint density at radius 2 is 1.77 bits per heavy atom. The molecule has 0 heterocycles. The maximum absolute atomic E-state index is 13.3. The number of aryl methyl sites for hydroxylation is 1. The molecule has 3 aromatic rings. The van der Waals surface area contributed by atoms with Crippen molar-refractivity contribution < 1.29 is 18.7 Å². The number of methoxy groups -OCH3 is 1. The molecule has 8 heteroatoms. The summed E-state index contributed by atoms with van der Waals surface area (Å²) in [6.07, 6.45) is 0. The molecule has 0 aliphatic heterocycles. The molecule has 0 unspecified atom stereocenters. The van der Waals surface area contributed by atoms with Crippen LogP contribution in [0.4, 0.5) is 14.9 Å². The van der Waals surface area contributed by atoms with Crippen LogP contribution in [0.2, 0.25) is 0 Å². The molecule has 0 radical (unpaired) electrons. The van der Waals surface area contributed by atoms with E-state index in [1.165, 1.54) is 19.2 Å². The molecule has 0 saturated heterocycles. The van der Waals surface area contributed by atoms with Gasteiger partial charge in [0.1, 0.15) is 23.9 Å². The lowest BCUT2D eigenvalue weighted by atomic mass is 10.0. The normalized spacial score (nSPS) is 10.5. The third-order valence-electron chi connectivity index (χ3n) is 4.86. The highest BCUT2D eigenvalue weighted by Gasteiger charge is 2.19. The molecule has 3 rings (SSSR count). The SMILES string of the molecule is COc1ccc(OCc2c(C)cccc2N(N)C(=O)N(C)N)cc1-c1ccc(F)cc1. The lowest BCUT2D eigenvalue weighted by molar-refractivity contribution is 0.216.